The maximum Gasteiger partial charge on any atom is 0.130 e. The van der Waals surface area contributed by atoms with E-state index in [1.807, 2.05) is 60.7 Å². The SMILES string of the molecule is COc1cccc(OC)c1-c1ccc(-c2c(OC)cccc2OC)cc1. The predicted molar refractivity (Wildman–Crippen MR) is 104 cm³/mol. The van der Waals surface area contributed by atoms with Crippen molar-refractivity contribution in [2.75, 3.05) is 28.4 Å². The highest BCUT2D eigenvalue weighted by molar-refractivity contribution is 5.82. The fourth-order valence-corrected chi connectivity index (χ4v) is 3.08. The van der Waals surface area contributed by atoms with Crippen molar-refractivity contribution in [2.45, 2.75) is 0 Å². The maximum atomic E-state index is 5.51. The Hall–Kier alpha value is -3.14. The van der Waals surface area contributed by atoms with Crippen LogP contribution in [-0.2, 0) is 0 Å². The third-order valence-electron chi connectivity index (χ3n) is 4.32. The highest BCUT2D eigenvalue weighted by atomic mass is 16.5. The summed E-state index contributed by atoms with van der Waals surface area (Å²) in [7, 11) is 6.64. The van der Waals surface area contributed by atoms with Crippen LogP contribution in [0.1, 0.15) is 0 Å². The Balaban J connectivity index is 2.09. The lowest BCUT2D eigenvalue weighted by molar-refractivity contribution is 0.397. The van der Waals surface area contributed by atoms with E-state index in [1.165, 1.54) is 0 Å². The first-order chi connectivity index (χ1) is 12.7. The molecule has 3 aromatic rings. The molecule has 0 fully saturated rings. The summed E-state index contributed by atoms with van der Waals surface area (Å²) < 4.78 is 22.0. The molecule has 26 heavy (non-hydrogen) atoms. The number of hydrogen-bond donors (Lipinski definition) is 0. The first kappa shape index (κ1) is 17.7. The Morgan fingerprint density at radius 3 is 0.923 bits per heavy atom. The van der Waals surface area contributed by atoms with Crippen molar-refractivity contribution in [2.24, 2.45) is 0 Å². The molecular weight excluding hydrogens is 328 g/mol. The third-order valence-corrected chi connectivity index (χ3v) is 4.32. The summed E-state index contributed by atoms with van der Waals surface area (Å²) >= 11 is 0. The highest BCUT2D eigenvalue weighted by Crippen LogP contribution is 2.41. The summed E-state index contributed by atoms with van der Waals surface area (Å²) in [4.78, 5) is 0. The van der Waals surface area contributed by atoms with Crippen LogP contribution >= 0.6 is 0 Å². The van der Waals surface area contributed by atoms with Crippen LogP contribution in [0.25, 0.3) is 22.3 Å². The monoisotopic (exact) mass is 350 g/mol. The Bertz CT molecular complexity index is 766. The number of methoxy groups -OCH3 is 4. The molecule has 4 nitrogen and oxygen atoms in total. The van der Waals surface area contributed by atoms with Gasteiger partial charge < -0.3 is 18.9 Å². The quantitative estimate of drug-likeness (QED) is 0.623. The summed E-state index contributed by atoms with van der Waals surface area (Å²) in [6, 6.07) is 19.7. The zero-order valence-corrected chi connectivity index (χ0v) is 15.4. The standard InChI is InChI=1S/C22H22O4/c1-23-17-7-5-8-18(24-2)21(17)15-11-13-16(14-12-15)22-19(25-3)9-6-10-20(22)26-4/h5-14H,1-4H3. The van der Waals surface area contributed by atoms with Crippen LogP contribution in [0.3, 0.4) is 0 Å². The predicted octanol–water partition coefficient (Wildman–Crippen LogP) is 5.06. The van der Waals surface area contributed by atoms with E-state index < -0.39 is 0 Å². The van der Waals surface area contributed by atoms with Gasteiger partial charge in [-0.05, 0) is 35.4 Å². The van der Waals surface area contributed by atoms with Crippen molar-refractivity contribution in [1.29, 1.82) is 0 Å². The van der Waals surface area contributed by atoms with E-state index in [-0.39, 0.29) is 0 Å². The average molecular weight is 350 g/mol. The molecule has 0 unspecified atom stereocenters. The Labute approximate surface area is 153 Å². The average Bonchev–Trinajstić information content (AvgIpc) is 2.72. The molecule has 0 saturated carbocycles. The third kappa shape index (κ3) is 3.18. The number of rotatable bonds is 6. The Morgan fingerprint density at radius 2 is 0.692 bits per heavy atom. The molecule has 3 rings (SSSR count). The lowest BCUT2D eigenvalue weighted by Crippen LogP contribution is -1.94. The summed E-state index contributed by atoms with van der Waals surface area (Å²) in [5.74, 6) is 3.08. The normalized spacial score (nSPS) is 10.3. The molecule has 0 saturated heterocycles. The van der Waals surface area contributed by atoms with Crippen molar-refractivity contribution < 1.29 is 18.9 Å². The van der Waals surface area contributed by atoms with Crippen LogP contribution in [0.2, 0.25) is 0 Å². The van der Waals surface area contributed by atoms with Gasteiger partial charge in [-0.2, -0.15) is 0 Å². The van der Waals surface area contributed by atoms with Crippen molar-refractivity contribution in [1.82, 2.24) is 0 Å². The molecular formula is C22H22O4. The summed E-state index contributed by atoms with van der Waals surface area (Å²) in [5.41, 5.74) is 3.88. The minimum absolute atomic E-state index is 0.770. The Kier molecular flexibility index (Phi) is 5.32. The van der Waals surface area contributed by atoms with Gasteiger partial charge in [-0.25, -0.2) is 0 Å². The van der Waals surface area contributed by atoms with Gasteiger partial charge >= 0.3 is 0 Å². The molecule has 3 aromatic carbocycles. The molecule has 4 heteroatoms. The summed E-state index contributed by atoms with van der Waals surface area (Å²) in [5, 5.41) is 0. The molecule has 0 atom stereocenters. The molecule has 0 aliphatic carbocycles. The van der Waals surface area contributed by atoms with E-state index in [9.17, 15) is 0 Å². The minimum atomic E-state index is 0.770. The topological polar surface area (TPSA) is 36.9 Å². The van der Waals surface area contributed by atoms with E-state index in [1.54, 1.807) is 28.4 Å². The minimum Gasteiger partial charge on any atom is -0.496 e. The largest absolute Gasteiger partial charge is 0.496 e. The van der Waals surface area contributed by atoms with E-state index in [0.717, 1.165) is 45.3 Å². The molecule has 0 aliphatic rings. The number of hydrogen-bond acceptors (Lipinski definition) is 4. The molecule has 0 radical (unpaired) electrons. The fraction of sp³-hybridized carbons (Fsp3) is 0.182. The summed E-state index contributed by atoms with van der Waals surface area (Å²) in [6.45, 7) is 0. The highest BCUT2D eigenvalue weighted by Gasteiger charge is 2.15. The van der Waals surface area contributed by atoms with E-state index in [2.05, 4.69) is 0 Å². The van der Waals surface area contributed by atoms with Gasteiger partial charge in [-0.3, -0.25) is 0 Å². The van der Waals surface area contributed by atoms with Gasteiger partial charge in [0.1, 0.15) is 23.0 Å². The van der Waals surface area contributed by atoms with Crippen LogP contribution in [0.15, 0.2) is 60.7 Å². The number of ether oxygens (including phenoxy) is 4. The van der Waals surface area contributed by atoms with Gasteiger partial charge in [0.2, 0.25) is 0 Å². The molecule has 134 valence electrons. The number of benzene rings is 3. The van der Waals surface area contributed by atoms with Crippen molar-refractivity contribution >= 4 is 0 Å². The van der Waals surface area contributed by atoms with Crippen LogP contribution in [0, 0.1) is 0 Å². The van der Waals surface area contributed by atoms with Crippen LogP contribution in [0.5, 0.6) is 23.0 Å². The van der Waals surface area contributed by atoms with Gasteiger partial charge in [0.25, 0.3) is 0 Å². The van der Waals surface area contributed by atoms with E-state index >= 15 is 0 Å². The Morgan fingerprint density at radius 1 is 0.423 bits per heavy atom. The van der Waals surface area contributed by atoms with Crippen molar-refractivity contribution in [3.05, 3.63) is 60.7 Å². The van der Waals surface area contributed by atoms with E-state index in [4.69, 9.17) is 18.9 Å². The van der Waals surface area contributed by atoms with Gasteiger partial charge in [0, 0.05) is 0 Å². The molecule has 0 aromatic heterocycles. The van der Waals surface area contributed by atoms with Crippen LogP contribution in [-0.4, -0.2) is 28.4 Å². The maximum absolute atomic E-state index is 5.51. The second-order valence-corrected chi connectivity index (χ2v) is 5.65. The first-order valence-corrected chi connectivity index (χ1v) is 8.26. The lowest BCUT2D eigenvalue weighted by atomic mass is 9.98. The molecule has 0 heterocycles. The smallest absolute Gasteiger partial charge is 0.130 e. The fourth-order valence-electron chi connectivity index (χ4n) is 3.08. The first-order valence-electron chi connectivity index (χ1n) is 8.26. The molecule has 0 spiro atoms. The zero-order valence-electron chi connectivity index (χ0n) is 15.4. The van der Waals surface area contributed by atoms with E-state index in [0.29, 0.717) is 0 Å². The van der Waals surface area contributed by atoms with Gasteiger partial charge in [0.05, 0.1) is 39.6 Å². The van der Waals surface area contributed by atoms with Gasteiger partial charge in [-0.1, -0.05) is 36.4 Å². The molecule has 0 bridgehead atoms. The second kappa shape index (κ2) is 7.83. The second-order valence-electron chi connectivity index (χ2n) is 5.65. The van der Waals surface area contributed by atoms with Crippen LogP contribution < -0.4 is 18.9 Å². The summed E-state index contributed by atoms with van der Waals surface area (Å²) in [6.07, 6.45) is 0. The van der Waals surface area contributed by atoms with Gasteiger partial charge in [-0.15, -0.1) is 0 Å². The van der Waals surface area contributed by atoms with Crippen molar-refractivity contribution in [3.63, 3.8) is 0 Å². The van der Waals surface area contributed by atoms with Crippen molar-refractivity contribution in [3.8, 4) is 45.3 Å². The lowest BCUT2D eigenvalue weighted by Gasteiger charge is -2.15. The van der Waals surface area contributed by atoms with Crippen LogP contribution in [0.4, 0.5) is 0 Å². The molecule has 0 amide bonds. The zero-order chi connectivity index (χ0) is 18.5. The molecule has 0 aliphatic heterocycles. The van der Waals surface area contributed by atoms with Gasteiger partial charge in [0.15, 0.2) is 0 Å². The molecule has 0 N–H and O–H groups in total.